The van der Waals surface area contributed by atoms with Crippen LogP contribution in [0, 0.1) is 0 Å². The molecular formula is C5H8N3O+. The minimum absolute atomic E-state index is 0.454. The number of hydrogen-bond donors (Lipinski definition) is 1. The SMILES string of the molecule is C[n+]1ccn(N)c1C=O. The number of carbonyl (C=O) groups is 1. The smallest absolute Gasteiger partial charge is 0.289 e. The van der Waals surface area contributed by atoms with E-state index >= 15 is 0 Å². The van der Waals surface area contributed by atoms with Gasteiger partial charge in [-0.3, -0.25) is 10.6 Å². The summed E-state index contributed by atoms with van der Waals surface area (Å²) in [5.74, 6) is 5.77. The monoisotopic (exact) mass is 126 g/mol. The Kier molecular flexibility index (Phi) is 1.22. The first-order chi connectivity index (χ1) is 4.25. The summed E-state index contributed by atoms with van der Waals surface area (Å²) in [5, 5.41) is 0. The Morgan fingerprint density at radius 2 is 2.56 bits per heavy atom. The van der Waals surface area contributed by atoms with Crippen LogP contribution in [-0.4, -0.2) is 11.0 Å². The van der Waals surface area contributed by atoms with Gasteiger partial charge < -0.3 is 0 Å². The number of hydrogen-bond acceptors (Lipinski definition) is 2. The maximum Gasteiger partial charge on any atom is 0.345 e. The third-order valence-corrected chi connectivity index (χ3v) is 1.18. The maximum atomic E-state index is 10.2. The van der Waals surface area contributed by atoms with Gasteiger partial charge in [-0.2, -0.15) is 0 Å². The van der Waals surface area contributed by atoms with Crippen LogP contribution < -0.4 is 10.4 Å². The molecule has 0 aromatic carbocycles. The molecule has 0 aliphatic rings. The maximum absolute atomic E-state index is 10.2. The van der Waals surface area contributed by atoms with Crippen LogP contribution in [0.3, 0.4) is 0 Å². The number of rotatable bonds is 1. The molecule has 0 spiro atoms. The van der Waals surface area contributed by atoms with Gasteiger partial charge in [0.05, 0.1) is 7.05 Å². The number of nitrogens with two attached hydrogens (primary N) is 1. The first-order valence-electron chi connectivity index (χ1n) is 2.53. The molecule has 0 aliphatic carbocycles. The average molecular weight is 126 g/mol. The Morgan fingerprint density at radius 3 is 2.78 bits per heavy atom. The highest BCUT2D eigenvalue weighted by molar-refractivity contribution is 5.66. The van der Waals surface area contributed by atoms with Crippen molar-refractivity contribution in [3.8, 4) is 0 Å². The minimum atomic E-state index is 0.454. The lowest BCUT2D eigenvalue weighted by Crippen LogP contribution is -2.33. The normalized spacial score (nSPS) is 9.44. The molecule has 0 bridgehead atoms. The zero-order chi connectivity index (χ0) is 6.85. The molecule has 0 aliphatic heterocycles. The lowest BCUT2D eigenvalue weighted by atomic mass is 10.7. The lowest BCUT2D eigenvalue weighted by Gasteiger charge is -1.83. The van der Waals surface area contributed by atoms with Crippen LogP contribution in [0.2, 0.25) is 0 Å². The van der Waals surface area contributed by atoms with Crippen LogP contribution in [0.1, 0.15) is 10.6 Å². The van der Waals surface area contributed by atoms with Gasteiger partial charge in [0.15, 0.2) is 6.20 Å². The van der Waals surface area contributed by atoms with Crippen LogP contribution in [0.25, 0.3) is 0 Å². The van der Waals surface area contributed by atoms with Crippen LogP contribution in [0.4, 0.5) is 0 Å². The molecule has 4 nitrogen and oxygen atoms in total. The molecule has 0 radical (unpaired) electrons. The molecule has 0 saturated heterocycles. The number of nitrogen functional groups attached to an aromatic ring is 1. The number of aryl methyl sites for hydroxylation is 1. The van der Waals surface area contributed by atoms with E-state index in [4.69, 9.17) is 5.84 Å². The van der Waals surface area contributed by atoms with Gasteiger partial charge in [0.25, 0.3) is 0 Å². The predicted molar refractivity (Wildman–Crippen MR) is 31.1 cm³/mol. The van der Waals surface area contributed by atoms with Crippen molar-refractivity contribution in [1.82, 2.24) is 4.68 Å². The third-order valence-electron chi connectivity index (χ3n) is 1.18. The van der Waals surface area contributed by atoms with E-state index in [2.05, 4.69) is 0 Å². The zero-order valence-corrected chi connectivity index (χ0v) is 5.11. The fraction of sp³-hybridized carbons (Fsp3) is 0.200. The lowest BCUT2D eigenvalue weighted by molar-refractivity contribution is -0.672. The summed E-state index contributed by atoms with van der Waals surface area (Å²) in [7, 11) is 1.76. The molecule has 0 fully saturated rings. The van der Waals surface area contributed by atoms with Gasteiger partial charge in [0.2, 0.25) is 6.29 Å². The Morgan fingerprint density at radius 1 is 1.89 bits per heavy atom. The van der Waals surface area contributed by atoms with Crippen LogP contribution in [0.5, 0.6) is 0 Å². The first kappa shape index (κ1) is 5.81. The van der Waals surface area contributed by atoms with Gasteiger partial charge in [0, 0.05) is 0 Å². The van der Waals surface area contributed by atoms with Crippen LogP contribution in [0.15, 0.2) is 12.4 Å². The predicted octanol–water partition coefficient (Wildman–Crippen LogP) is -1.16. The molecule has 0 unspecified atom stereocenters. The Balaban J connectivity index is 3.22. The van der Waals surface area contributed by atoms with Crippen molar-refractivity contribution in [3.63, 3.8) is 0 Å². The molecule has 9 heavy (non-hydrogen) atoms. The summed E-state index contributed by atoms with van der Waals surface area (Å²) in [6, 6.07) is 0. The zero-order valence-electron chi connectivity index (χ0n) is 5.11. The second kappa shape index (κ2) is 1.89. The highest BCUT2D eigenvalue weighted by Gasteiger charge is 2.08. The summed E-state index contributed by atoms with van der Waals surface area (Å²) in [4.78, 5) is 10.2. The summed E-state index contributed by atoms with van der Waals surface area (Å²) < 4.78 is 2.92. The van der Waals surface area contributed by atoms with Gasteiger partial charge in [-0.25, -0.2) is 4.57 Å². The topological polar surface area (TPSA) is 51.9 Å². The van der Waals surface area contributed by atoms with E-state index in [9.17, 15) is 4.79 Å². The van der Waals surface area contributed by atoms with Gasteiger partial charge in [0.1, 0.15) is 6.20 Å². The molecule has 48 valence electrons. The Hall–Kier alpha value is -1.32. The van der Waals surface area contributed by atoms with Gasteiger partial charge in [-0.05, 0) is 0 Å². The highest BCUT2D eigenvalue weighted by atomic mass is 16.1. The molecule has 1 aromatic heterocycles. The van der Waals surface area contributed by atoms with Gasteiger partial charge in [-0.1, -0.05) is 0 Å². The van der Waals surface area contributed by atoms with Crippen molar-refractivity contribution in [2.45, 2.75) is 0 Å². The second-order valence-corrected chi connectivity index (χ2v) is 1.79. The summed E-state index contributed by atoms with van der Waals surface area (Å²) in [6.45, 7) is 0. The molecule has 1 aromatic rings. The van der Waals surface area contributed by atoms with E-state index in [-0.39, 0.29) is 0 Å². The molecular weight excluding hydrogens is 118 g/mol. The number of carbonyl (C=O) groups excluding carboxylic acids is 1. The van der Waals surface area contributed by atoms with E-state index < -0.39 is 0 Å². The molecule has 1 rings (SSSR count). The van der Waals surface area contributed by atoms with Crippen molar-refractivity contribution in [2.24, 2.45) is 7.05 Å². The first-order valence-corrected chi connectivity index (χ1v) is 2.53. The van der Waals surface area contributed by atoms with E-state index in [0.717, 1.165) is 0 Å². The number of aromatic nitrogens is 2. The van der Waals surface area contributed by atoms with Crippen LogP contribution >= 0.6 is 0 Å². The van der Waals surface area contributed by atoms with E-state index in [1.807, 2.05) is 0 Å². The number of nitrogens with zero attached hydrogens (tertiary/aromatic N) is 2. The van der Waals surface area contributed by atoms with Gasteiger partial charge >= 0.3 is 5.82 Å². The Bertz CT molecular complexity index is 209. The standard InChI is InChI=1S/C5H7N3O/c1-7-2-3-8(6)5(7)4-9/h2-4H,1H3,(H-,6,9)/p+1. The molecule has 0 saturated carbocycles. The summed E-state index contributed by atoms with van der Waals surface area (Å²) >= 11 is 0. The van der Waals surface area contributed by atoms with E-state index in [1.54, 1.807) is 24.0 Å². The number of aldehydes is 1. The quantitative estimate of drug-likeness (QED) is 0.293. The minimum Gasteiger partial charge on any atom is -0.289 e. The molecule has 1 heterocycles. The summed E-state index contributed by atoms with van der Waals surface area (Å²) in [6.07, 6.45) is 4.04. The third kappa shape index (κ3) is 0.782. The molecule has 4 heteroatoms. The molecule has 0 atom stereocenters. The fourth-order valence-corrected chi connectivity index (χ4v) is 0.651. The Labute approximate surface area is 52.5 Å². The highest BCUT2D eigenvalue weighted by Crippen LogP contribution is 1.80. The average Bonchev–Trinajstić information content (AvgIpc) is 2.12. The van der Waals surface area contributed by atoms with Crippen molar-refractivity contribution in [2.75, 3.05) is 5.84 Å². The van der Waals surface area contributed by atoms with E-state index in [1.165, 1.54) is 4.68 Å². The van der Waals surface area contributed by atoms with E-state index in [0.29, 0.717) is 12.1 Å². The second-order valence-electron chi connectivity index (χ2n) is 1.79. The van der Waals surface area contributed by atoms with Gasteiger partial charge in [-0.15, -0.1) is 4.68 Å². The largest absolute Gasteiger partial charge is 0.345 e. The fourth-order valence-electron chi connectivity index (χ4n) is 0.651. The van der Waals surface area contributed by atoms with Crippen molar-refractivity contribution in [1.29, 1.82) is 0 Å². The van der Waals surface area contributed by atoms with Crippen molar-refractivity contribution in [3.05, 3.63) is 18.2 Å². The van der Waals surface area contributed by atoms with Crippen molar-refractivity contribution >= 4 is 6.29 Å². The molecule has 0 amide bonds. The number of imidazole rings is 1. The van der Waals surface area contributed by atoms with Crippen LogP contribution in [-0.2, 0) is 7.05 Å². The van der Waals surface area contributed by atoms with Crippen molar-refractivity contribution < 1.29 is 9.36 Å². The summed E-state index contributed by atoms with van der Waals surface area (Å²) in [5.41, 5.74) is 0. The molecule has 2 N–H and O–H groups in total.